The van der Waals surface area contributed by atoms with Gasteiger partial charge in [0.15, 0.2) is 0 Å². The second kappa shape index (κ2) is 8.03. The molecule has 1 N–H and O–H groups in total. The number of nitrogens with one attached hydrogen (secondary N) is 1. The number of piperidine rings is 1. The molecule has 2 amide bonds. The van der Waals surface area contributed by atoms with E-state index in [9.17, 15) is 18.0 Å². The number of halogens is 3. The lowest BCUT2D eigenvalue weighted by molar-refractivity contribution is -0.0328. The number of hydrogen-bond donors (Lipinski definition) is 1. The fourth-order valence-corrected chi connectivity index (χ4v) is 3.56. The Balaban J connectivity index is 1.50. The number of anilines is 1. The Hall–Kier alpha value is -2.16. The molecule has 1 saturated heterocycles. The molecule has 0 saturated carbocycles. The van der Waals surface area contributed by atoms with Crippen LogP contribution < -0.4 is 5.32 Å². The van der Waals surface area contributed by atoms with Crippen LogP contribution in [0, 0.1) is 5.92 Å². The van der Waals surface area contributed by atoms with Crippen molar-refractivity contribution < 1.29 is 18.0 Å². The maximum atomic E-state index is 12.5. The number of rotatable bonds is 4. The Kier molecular flexibility index (Phi) is 5.75. The maximum Gasteiger partial charge on any atom is 0.446 e. The normalized spacial score (nSPS) is 15.9. The standard InChI is InChI=1S/C17H19F3N4OS/c18-17(19,20)26-15-4-1-3-14(11-15)22-16(25)23-9-5-13(6-10-23)12-24-8-2-7-21-24/h1-4,7-8,11,13H,5-6,9-10,12H2,(H,22,25). The fraction of sp³-hybridized carbons (Fsp3) is 0.412. The van der Waals surface area contributed by atoms with E-state index in [1.54, 1.807) is 17.2 Å². The summed E-state index contributed by atoms with van der Waals surface area (Å²) >= 11 is -0.194. The lowest BCUT2D eigenvalue weighted by Gasteiger charge is -2.32. The molecule has 9 heteroatoms. The second-order valence-electron chi connectivity index (χ2n) is 6.16. The van der Waals surface area contributed by atoms with Crippen molar-refractivity contribution in [3.63, 3.8) is 0 Å². The van der Waals surface area contributed by atoms with Crippen molar-refractivity contribution in [2.24, 2.45) is 5.92 Å². The molecule has 2 aromatic rings. The van der Waals surface area contributed by atoms with Crippen LogP contribution in [0.15, 0.2) is 47.6 Å². The van der Waals surface area contributed by atoms with Crippen LogP contribution in [0.4, 0.5) is 23.7 Å². The SMILES string of the molecule is O=C(Nc1cccc(SC(F)(F)F)c1)N1CCC(Cn2cccn2)CC1. The zero-order valence-electron chi connectivity index (χ0n) is 13.9. The van der Waals surface area contributed by atoms with Gasteiger partial charge in [-0.1, -0.05) is 6.07 Å². The quantitative estimate of drug-likeness (QED) is 0.793. The van der Waals surface area contributed by atoms with Gasteiger partial charge in [0.1, 0.15) is 0 Å². The topological polar surface area (TPSA) is 50.2 Å². The van der Waals surface area contributed by atoms with Crippen molar-refractivity contribution in [3.05, 3.63) is 42.7 Å². The molecule has 140 valence electrons. The maximum absolute atomic E-state index is 12.5. The summed E-state index contributed by atoms with van der Waals surface area (Å²) in [6.07, 6.45) is 5.41. The minimum absolute atomic E-state index is 0.0493. The van der Waals surface area contributed by atoms with Crippen molar-refractivity contribution >= 4 is 23.5 Å². The van der Waals surface area contributed by atoms with E-state index >= 15 is 0 Å². The summed E-state index contributed by atoms with van der Waals surface area (Å²) in [6, 6.07) is 7.39. The predicted molar refractivity (Wildman–Crippen MR) is 93.9 cm³/mol. The number of hydrogen-bond acceptors (Lipinski definition) is 3. The summed E-state index contributed by atoms with van der Waals surface area (Å²) in [7, 11) is 0. The number of nitrogens with zero attached hydrogens (tertiary/aromatic N) is 3. The van der Waals surface area contributed by atoms with Crippen molar-refractivity contribution in [3.8, 4) is 0 Å². The summed E-state index contributed by atoms with van der Waals surface area (Å²) in [5, 5.41) is 6.88. The van der Waals surface area contributed by atoms with Gasteiger partial charge < -0.3 is 10.2 Å². The van der Waals surface area contributed by atoms with Gasteiger partial charge in [-0.25, -0.2) is 4.79 Å². The van der Waals surface area contributed by atoms with E-state index in [4.69, 9.17) is 0 Å². The van der Waals surface area contributed by atoms with Gasteiger partial charge in [-0.2, -0.15) is 18.3 Å². The number of amides is 2. The number of likely N-dealkylation sites (tertiary alicyclic amines) is 1. The first-order chi connectivity index (χ1) is 12.4. The number of carbonyl (C=O) groups excluding carboxylic acids is 1. The molecule has 1 aliphatic heterocycles. The van der Waals surface area contributed by atoms with E-state index < -0.39 is 5.51 Å². The van der Waals surface area contributed by atoms with Crippen LogP contribution in [0.2, 0.25) is 0 Å². The van der Waals surface area contributed by atoms with Gasteiger partial charge in [0.25, 0.3) is 0 Å². The van der Waals surface area contributed by atoms with Gasteiger partial charge in [-0.3, -0.25) is 4.68 Å². The monoisotopic (exact) mass is 384 g/mol. The van der Waals surface area contributed by atoms with Gasteiger partial charge in [-0.15, -0.1) is 0 Å². The summed E-state index contributed by atoms with van der Waals surface area (Å²) in [6.45, 7) is 2.07. The average molecular weight is 384 g/mol. The highest BCUT2D eigenvalue weighted by Gasteiger charge is 2.29. The largest absolute Gasteiger partial charge is 0.446 e. The van der Waals surface area contributed by atoms with Gasteiger partial charge >= 0.3 is 11.5 Å². The van der Waals surface area contributed by atoms with Crippen molar-refractivity contribution in [1.82, 2.24) is 14.7 Å². The Labute approximate surface area is 153 Å². The van der Waals surface area contributed by atoms with Crippen LogP contribution >= 0.6 is 11.8 Å². The van der Waals surface area contributed by atoms with Crippen molar-refractivity contribution in [1.29, 1.82) is 0 Å². The van der Waals surface area contributed by atoms with Crippen molar-refractivity contribution in [2.45, 2.75) is 29.8 Å². The van der Waals surface area contributed by atoms with Crippen molar-refractivity contribution in [2.75, 3.05) is 18.4 Å². The molecule has 0 atom stereocenters. The van der Waals surface area contributed by atoms with E-state index in [2.05, 4.69) is 10.4 Å². The average Bonchev–Trinajstić information content (AvgIpc) is 3.07. The molecule has 1 aromatic heterocycles. The van der Waals surface area contributed by atoms with Crippen LogP contribution in [-0.2, 0) is 6.54 Å². The summed E-state index contributed by atoms with van der Waals surface area (Å²) < 4.78 is 39.3. The Morgan fingerprint density at radius 1 is 1.27 bits per heavy atom. The third kappa shape index (κ3) is 5.42. The van der Waals surface area contributed by atoms with Gasteiger partial charge in [0, 0.05) is 42.6 Å². The third-order valence-electron chi connectivity index (χ3n) is 4.23. The predicted octanol–water partition coefficient (Wildman–Crippen LogP) is 4.44. The van der Waals surface area contributed by atoms with Gasteiger partial charge in [0.2, 0.25) is 0 Å². The Morgan fingerprint density at radius 2 is 2.04 bits per heavy atom. The summed E-state index contributed by atoms with van der Waals surface area (Å²) in [5.74, 6) is 0.463. The van der Waals surface area contributed by atoms with E-state index in [1.165, 1.54) is 18.2 Å². The summed E-state index contributed by atoms with van der Waals surface area (Å²) in [4.78, 5) is 14.1. The van der Waals surface area contributed by atoms with Crippen LogP contribution in [0.1, 0.15) is 12.8 Å². The highest BCUT2D eigenvalue weighted by Crippen LogP contribution is 2.37. The second-order valence-corrected chi connectivity index (χ2v) is 7.30. The third-order valence-corrected chi connectivity index (χ3v) is 4.95. The molecular weight excluding hydrogens is 365 g/mol. The number of benzene rings is 1. The Bertz CT molecular complexity index is 728. The first-order valence-electron chi connectivity index (χ1n) is 8.28. The van der Waals surface area contributed by atoms with Gasteiger partial charge in [0.05, 0.1) is 0 Å². The molecular formula is C17H19F3N4OS. The smallest absolute Gasteiger partial charge is 0.325 e. The molecule has 0 bridgehead atoms. The Morgan fingerprint density at radius 3 is 2.69 bits per heavy atom. The zero-order valence-corrected chi connectivity index (χ0v) is 14.8. The molecule has 3 rings (SSSR count). The minimum Gasteiger partial charge on any atom is -0.325 e. The zero-order chi connectivity index (χ0) is 18.6. The van der Waals surface area contributed by atoms with E-state index in [1.807, 2.05) is 16.9 Å². The molecule has 0 unspecified atom stereocenters. The van der Waals surface area contributed by atoms with E-state index in [0.717, 1.165) is 19.4 Å². The van der Waals surface area contributed by atoms with Crippen LogP contribution in [-0.4, -0.2) is 39.3 Å². The minimum atomic E-state index is -4.35. The summed E-state index contributed by atoms with van der Waals surface area (Å²) in [5.41, 5.74) is -3.98. The highest BCUT2D eigenvalue weighted by molar-refractivity contribution is 8.00. The molecule has 1 aromatic carbocycles. The number of alkyl halides is 3. The molecule has 26 heavy (non-hydrogen) atoms. The van der Waals surface area contributed by atoms with E-state index in [0.29, 0.717) is 24.7 Å². The van der Waals surface area contributed by atoms with E-state index in [-0.39, 0.29) is 22.7 Å². The number of urea groups is 1. The molecule has 1 fully saturated rings. The highest BCUT2D eigenvalue weighted by atomic mass is 32.2. The molecule has 2 heterocycles. The van der Waals surface area contributed by atoms with Crippen LogP contribution in [0.25, 0.3) is 0 Å². The number of carbonyl (C=O) groups is 1. The molecule has 1 aliphatic rings. The first kappa shape index (κ1) is 18.6. The van der Waals surface area contributed by atoms with Crippen LogP contribution in [0.3, 0.4) is 0 Å². The number of thioether (sulfide) groups is 1. The first-order valence-corrected chi connectivity index (χ1v) is 9.10. The van der Waals surface area contributed by atoms with Gasteiger partial charge in [-0.05, 0) is 54.8 Å². The lowest BCUT2D eigenvalue weighted by atomic mass is 9.97. The molecule has 0 aliphatic carbocycles. The fourth-order valence-electron chi connectivity index (χ4n) is 2.97. The molecule has 5 nitrogen and oxygen atoms in total. The lowest BCUT2D eigenvalue weighted by Crippen LogP contribution is -2.41. The molecule has 0 radical (unpaired) electrons. The number of aromatic nitrogens is 2. The molecule has 0 spiro atoms. The van der Waals surface area contributed by atoms with Crippen LogP contribution in [0.5, 0.6) is 0 Å².